The Balaban J connectivity index is 1.60. The standard InChI is InChI=1S/C24H20N4O2/c29-23-11-5-3-9-19(23)15-25-27-21-13-17-7-1-2-8-18(17)14-22(21)28-26-16-20-10-4-6-12-24(20)30/h1-16,27-30H/b25-15-,26-16-. The molecule has 0 aliphatic carbocycles. The summed E-state index contributed by atoms with van der Waals surface area (Å²) in [4.78, 5) is 0. The number of rotatable bonds is 6. The number of anilines is 2. The molecular weight excluding hydrogens is 376 g/mol. The number of nitrogens with zero attached hydrogens (tertiary/aromatic N) is 2. The van der Waals surface area contributed by atoms with Gasteiger partial charge in [-0.3, -0.25) is 10.9 Å². The largest absolute Gasteiger partial charge is 0.507 e. The summed E-state index contributed by atoms with van der Waals surface area (Å²) in [5.74, 6) is 0.319. The monoisotopic (exact) mass is 396 g/mol. The van der Waals surface area contributed by atoms with E-state index < -0.39 is 0 Å². The van der Waals surface area contributed by atoms with Crippen molar-refractivity contribution in [2.24, 2.45) is 10.2 Å². The Hall–Kier alpha value is -4.32. The molecular formula is C24H20N4O2. The van der Waals surface area contributed by atoms with E-state index in [1.807, 2.05) is 48.5 Å². The normalized spacial score (nSPS) is 11.3. The van der Waals surface area contributed by atoms with E-state index in [4.69, 9.17) is 0 Å². The maximum atomic E-state index is 9.88. The predicted octanol–water partition coefficient (Wildman–Crippen LogP) is 5.14. The zero-order chi connectivity index (χ0) is 20.8. The number of hydrogen-bond donors (Lipinski definition) is 4. The van der Waals surface area contributed by atoms with E-state index in [9.17, 15) is 10.2 Å². The highest BCUT2D eigenvalue weighted by atomic mass is 16.3. The first-order valence-electron chi connectivity index (χ1n) is 9.37. The molecule has 0 heterocycles. The van der Waals surface area contributed by atoms with Crippen LogP contribution in [-0.4, -0.2) is 22.6 Å². The molecule has 4 rings (SSSR count). The highest BCUT2D eigenvalue weighted by Gasteiger charge is 2.05. The summed E-state index contributed by atoms with van der Waals surface area (Å²) in [6.07, 6.45) is 3.11. The number of aromatic hydroxyl groups is 2. The molecule has 0 atom stereocenters. The van der Waals surface area contributed by atoms with Crippen LogP contribution in [0, 0.1) is 0 Å². The van der Waals surface area contributed by atoms with Gasteiger partial charge >= 0.3 is 0 Å². The minimum atomic E-state index is 0.159. The minimum absolute atomic E-state index is 0.159. The van der Waals surface area contributed by atoms with Gasteiger partial charge in [-0.15, -0.1) is 0 Å². The minimum Gasteiger partial charge on any atom is -0.507 e. The van der Waals surface area contributed by atoms with Crippen molar-refractivity contribution >= 4 is 34.6 Å². The topological polar surface area (TPSA) is 89.2 Å². The lowest BCUT2D eigenvalue weighted by Gasteiger charge is -2.10. The second-order valence-electron chi connectivity index (χ2n) is 6.60. The fourth-order valence-corrected chi connectivity index (χ4v) is 2.96. The van der Waals surface area contributed by atoms with Crippen molar-refractivity contribution in [3.05, 3.63) is 96.1 Å². The van der Waals surface area contributed by atoms with Gasteiger partial charge in [0.1, 0.15) is 11.5 Å². The molecule has 148 valence electrons. The highest BCUT2D eigenvalue weighted by molar-refractivity contribution is 5.93. The summed E-state index contributed by atoms with van der Waals surface area (Å²) in [6.45, 7) is 0. The first kappa shape index (κ1) is 19.0. The summed E-state index contributed by atoms with van der Waals surface area (Å²) in [7, 11) is 0. The van der Waals surface area contributed by atoms with Crippen molar-refractivity contribution in [3.8, 4) is 11.5 Å². The van der Waals surface area contributed by atoms with E-state index in [1.165, 1.54) is 0 Å². The molecule has 0 aromatic heterocycles. The number of phenols is 2. The van der Waals surface area contributed by atoms with Gasteiger partial charge in [-0.2, -0.15) is 10.2 Å². The van der Waals surface area contributed by atoms with Gasteiger partial charge in [0.2, 0.25) is 0 Å². The molecule has 0 saturated carbocycles. The molecule has 0 radical (unpaired) electrons. The van der Waals surface area contributed by atoms with Gasteiger partial charge in [0.05, 0.1) is 23.8 Å². The molecule has 6 nitrogen and oxygen atoms in total. The Labute approximate surface area is 173 Å². The van der Waals surface area contributed by atoms with Crippen LogP contribution >= 0.6 is 0 Å². The number of hydrogen-bond acceptors (Lipinski definition) is 6. The van der Waals surface area contributed by atoms with Crippen LogP contribution in [0.3, 0.4) is 0 Å². The molecule has 6 heteroatoms. The molecule has 0 aliphatic rings. The number of phenolic OH excluding ortho intramolecular Hbond substituents is 2. The molecule has 4 aromatic rings. The summed E-state index contributed by atoms with van der Waals surface area (Å²) in [5, 5.41) is 30.4. The van der Waals surface area contributed by atoms with Gasteiger partial charge in [-0.05, 0) is 47.2 Å². The van der Waals surface area contributed by atoms with Gasteiger partial charge in [-0.25, -0.2) is 0 Å². The maximum Gasteiger partial charge on any atom is 0.124 e. The third-order valence-electron chi connectivity index (χ3n) is 4.54. The molecule has 0 unspecified atom stereocenters. The van der Waals surface area contributed by atoms with E-state index in [-0.39, 0.29) is 11.5 Å². The first-order valence-corrected chi connectivity index (χ1v) is 9.37. The Bertz CT molecular complexity index is 1140. The Morgan fingerprint density at radius 3 is 1.40 bits per heavy atom. The van der Waals surface area contributed by atoms with Gasteiger partial charge in [-0.1, -0.05) is 48.5 Å². The molecule has 30 heavy (non-hydrogen) atoms. The van der Waals surface area contributed by atoms with Gasteiger partial charge in [0, 0.05) is 11.1 Å². The Morgan fingerprint density at radius 1 is 0.567 bits per heavy atom. The molecule has 4 N–H and O–H groups in total. The SMILES string of the molecule is Oc1ccccc1/C=N\Nc1cc2ccccc2cc1N/N=C\c1ccccc1O. The third-order valence-corrected chi connectivity index (χ3v) is 4.54. The van der Waals surface area contributed by atoms with Crippen molar-refractivity contribution in [3.63, 3.8) is 0 Å². The van der Waals surface area contributed by atoms with Crippen LogP contribution in [0.1, 0.15) is 11.1 Å². The van der Waals surface area contributed by atoms with Crippen LogP contribution in [0.5, 0.6) is 11.5 Å². The van der Waals surface area contributed by atoms with Crippen LogP contribution in [-0.2, 0) is 0 Å². The smallest absolute Gasteiger partial charge is 0.124 e. The zero-order valence-electron chi connectivity index (χ0n) is 16.0. The van der Waals surface area contributed by atoms with Crippen LogP contribution in [0.15, 0.2) is 95.1 Å². The summed E-state index contributed by atoms with van der Waals surface area (Å²) >= 11 is 0. The lowest BCUT2D eigenvalue weighted by molar-refractivity contribution is 0.474. The average Bonchev–Trinajstić information content (AvgIpc) is 2.76. The number of fused-ring (bicyclic) bond motifs is 1. The summed E-state index contributed by atoms with van der Waals surface area (Å²) in [5.41, 5.74) is 8.68. The van der Waals surface area contributed by atoms with Gasteiger partial charge < -0.3 is 10.2 Å². The molecule has 0 saturated heterocycles. The summed E-state index contributed by atoms with van der Waals surface area (Å²) in [6, 6.07) is 25.9. The van der Waals surface area contributed by atoms with E-state index in [1.54, 1.807) is 48.8 Å². The van der Waals surface area contributed by atoms with Crippen molar-refractivity contribution in [1.82, 2.24) is 0 Å². The molecule has 4 aromatic carbocycles. The van der Waals surface area contributed by atoms with Gasteiger partial charge in [0.15, 0.2) is 0 Å². The summed E-state index contributed by atoms with van der Waals surface area (Å²) < 4.78 is 0. The maximum absolute atomic E-state index is 9.88. The quantitative estimate of drug-likeness (QED) is 0.268. The number of nitrogens with one attached hydrogen (secondary N) is 2. The van der Waals surface area contributed by atoms with Crippen molar-refractivity contribution in [1.29, 1.82) is 0 Å². The second kappa shape index (κ2) is 8.79. The van der Waals surface area contributed by atoms with Crippen molar-refractivity contribution in [2.45, 2.75) is 0 Å². The Kier molecular flexibility index (Phi) is 5.57. The van der Waals surface area contributed by atoms with Crippen LogP contribution in [0.4, 0.5) is 11.4 Å². The number of hydrazone groups is 2. The van der Waals surface area contributed by atoms with Crippen LogP contribution in [0.25, 0.3) is 10.8 Å². The van der Waals surface area contributed by atoms with E-state index >= 15 is 0 Å². The molecule has 0 bridgehead atoms. The number of para-hydroxylation sites is 2. The third kappa shape index (κ3) is 4.39. The van der Waals surface area contributed by atoms with E-state index in [2.05, 4.69) is 21.1 Å². The lowest BCUT2D eigenvalue weighted by Crippen LogP contribution is -1.98. The highest BCUT2D eigenvalue weighted by Crippen LogP contribution is 2.29. The fourth-order valence-electron chi connectivity index (χ4n) is 2.96. The van der Waals surface area contributed by atoms with E-state index in [0.29, 0.717) is 11.1 Å². The van der Waals surface area contributed by atoms with Crippen LogP contribution < -0.4 is 10.9 Å². The molecule has 0 spiro atoms. The Morgan fingerprint density at radius 2 is 0.967 bits per heavy atom. The lowest BCUT2D eigenvalue weighted by atomic mass is 10.1. The molecule has 0 fully saturated rings. The number of benzene rings is 4. The molecule has 0 amide bonds. The van der Waals surface area contributed by atoms with Crippen molar-refractivity contribution < 1.29 is 10.2 Å². The first-order chi connectivity index (χ1) is 14.7. The average molecular weight is 396 g/mol. The zero-order valence-corrected chi connectivity index (χ0v) is 16.0. The molecule has 0 aliphatic heterocycles. The fraction of sp³-hybridized carbons (Fsp3) is 0. The van der Waals surface area contributed by atoms with Crippen molar-refractivity contribution in [2.75, 3.05) is 10.9 Å². The van der Waals surface area contributed by atoms with Crippen LogP contribution in [0.2, 0.25) is 0 Å². The second-order valence-corrected chi connectivity index (χ2v) is 6.60. The van der Waals surface area contributed by atoms with E-state index in [0.717, 1.165) is 22.1 Å². The van der Waals surface area contributed by atoms with Gasteiger partial charge in [0.25, 0.3) is 0 Å². The predicted molar refractivity (Wildman–Crippen MR) is 123 cm³/mol.